The van der Waals surface area contributed by atoms with Crippen LogP contribution in [0.15, 0.2) is 18.5 Å². The summed E-state index contributed by atoms with van der Waals surface area (Å²) in [5, 5.41) is 5.43. The van der Waals surface area contributed by atoms with E-state index in [4.69, 9.17) is 0 Å². The number of pyridine rings is 1. The van der Waals surface area contributed by atoms with Crippen LogP contribution in [0.4, 0.5) is 5.69 Å². The van der Waals surface area contributed by atoms with Crippen LogP contribution in [0, 0.1) is 6.92 Å². The summed E-state index contributed by atoms with van der Waals surface area (Å²) in [5.74, 6) is -0.457. The van der Waals surface area contributed by atoms with Crippen molar-refractivity contribution in [2.75, 3.05) is 5.32 Å². The molecule has 2 N–H and O–H groups in total. The average Bonchev–Trinajstić information content (AvgIpc) is 2.25. The Balaban J connectivity index is 2.08. The molecule has 5 heteroatoms. The number of hydrogen-bond donors (Lipinski definition) is 2. The Morgan fingerprint density at radius 1 is 1.50 bits per heavy atom. The lowest BCUT2D eigenvalue weighted by atomic mass is 10.1. The second-order valence-electron chi connectivity index (χ2n) is 3.84. The van der Waals surface area contributed by atoms with Gasteiger partial charge in [-0.15, -0.1) is 0 Å². The van der Waals surface area contributed by atoms with Gasteiger partial charge in [0, 0.05) is 24.5 Å². The lowest BCUT2D eigenvalue weighted by Crippen LogP contribution is -2.47. The second kappa shape index (κ2) is 4.30. The maximum absolute atomic E-state index is 11.5. The number of carbonyl (C=O) groups excluding carboxylic acids is 2. The summed E-state index contributed by atoms with van der Waals surface area (Å²) < 4.78 is 0. The lowest BCUT2D eigenvalue weighted by Gasteiger charge is -2.23. The Kier molecular flexibility index (Phi) is 2.85. The van der Waals surface area contributed by atoms with Gasteiger partial charge in [0.1, 0.15) is 6.04 Å². The number of hydrogen-bond acceptors (Lipinski definition) is 4. The van der Waals surface area contributed by atoms with Crippen molar-refractivity contribution in [3.05, 3.63) is 24.0 Å². The standard InChI is InChI=1S/C11H13N3O2/c1-7-6-12-5-4-8(7)13-9-2-3-10(15)14-11(9)16/h4-6,9H,2-3H2,1H3,(H,12,13)(H,14,15,16). The van der Waals surface area contributed by atoms with Crippen LogP contribution < -0.4 is 10.6 Å². The third-order valence-corrected chi connectivity index (χ3v) is 2.59. The molecule has 1 aromatic rings. The molecule has 0 bridgehead atoms. The molecule has 1 aliphatic heterocycles. The largest absolute Gasteiger partial charge is 0.373 e. The van der Waals surface area contributed by atoms with Gasteiger partial charge in [0.05, 0.1) is 0 Å². The van der Waals surface area contributed by atoms with Gasteiger partial charge in [-0.25, -0.2) is 0 Å². The molecule has 1 unspecified atom stereocenters. The van der Waals surface area contributed by atoms with E-state index in [1.807, 2.05) is 13.0 Å². The van der Waals surface area contributed by atoms with E-state index in [2.05, 4.69) is 15.6 Å². The predicted octanol–water partition coefficient (Wildman–Crippen LogP) is 0.607. The van der Waals surface area contributed by atoms with Gasteiger partial charge in [0.15, 0.2) is 0 Å². The molecule has 1 atom stereocenters. The van der Waals surface area contributed by atoms with Crippen LogP contribution in [0.3, 0.4) is 0 Å². The Morgan fingerprint density at radius 3 is 3.00 bits per heavy atom. The topological polar surface area (TPSA) is 71.1 Å². The fourth-order valence-corrected chi connectivity index (χ4v) is 1.65. The summed E-state index contributed by atoms with van der Waals surface area (Å²) in [4.78, 5) is 26.5. The minimum absolute atomic E-state index is 0.200. The number of anilines is 1. The van der Waals surface area contributed by atoms with Crippen LogP contribution in [-0.2, 0) is 9.59 Å². The Hall–Kier alpha value is -1.91. The minimum atomic E-state index is -0.334. The number of rotatable bonds is 2. The number of nitrogens with zero attached hydrogens (tertiary/aromatic N) is 1. The van der Waals surface area contributed by atoms with Gasteiger partial charge in [-0.3, -0.25) is 19.9 Å². The molecule has 84 valence electrons. The van der Waals surface area contributed by atoms with Crippen LogP contribution >= 0.6 is 0 Å². The van der Waals surface area contributed by atoms with Crippen molar-refractivity contribution >= 4 is 17.5 Å². The van der Waals surface area contributed by atoms with Crippen molar-refractivity contribution in [1.82, 2.24) is 10.3 Å². The molecule has 1 fully saturated rings. The number of aryl methyl sites for hydroxylation is 1. The maximum Gasteiger partial charge on any atom is 0.249 e. The first-order valence-corrected chi connectivity index (χ1v) is 5.17. The number of aromatic nitrogens is 1. The fourth-order valence-electron chi connectivity index (χ4n) is 1.65. The zero-order chi connectivity index (χ0) is 11.5. The second-order valence-corrected chi connectivity index (χ2v) is 3.84. The van der Waals surface area contributed by atoms with Crippen LogP contribution in [0.2, 0.25) is 0 Å². The van der Waals surface area contributed by atoms with Crippen LogP contribution in [0.25, 0.3) is 0 Å². The van der Waals surface area contributed by atoms with E-state index < -0.39 is 0 Å². The van der Waals surface area contributed by atoms with Crippen molar-refractivity contribution in [3.8, 4) is 0 Å². The van der Waals surface area contributed by atoms with E-state index in [0.717, 1.165) is 11.3 Å². The molecule has 1 aromatic heterocycles. The highest BCUT2D eigenvalue weighted by molar-refractivity contribution is 6.01. The van der Waals surface area contributed by atoms with Gasteiger partial charge < -0.3 is 5.32 Å². The highest BCUT2D eigenvalue weighted by Gasteiger charge is 2.26. The smallest absolute Gasteiger partial charge is 0.249 e. The molecule has 0 radical (unpaired) electrons. The Bertz CT molecular complexity index is 431. The first-order valence-electron chi connectivity index (χ1n) is 5.17. The van der Waals surface area contributed by atoms with Gasteiger partial charge in [0.2, 0.25) is 11.8 Å². The Morgan fingerprint density at radius 2 is 2.31 bits per heavy atom. The first-order chi connectivity index (χ1) is 7.66. The van der Waals surface area contributed by atoms with Crippen molar-refractivity contribution in [2.24, 2.45) is 0 Å². The summed E-state index contributed by atoms with van der Waals surface area (Å²) in [7, 11) is 0. The molecule has 0 spiro atoms. The normalized spacial score (nSPS) is 20.4. The summed E-state index contributed by atoms with van der Waals surface area (Å²) in [5.41, 5.74) is 1.86. The third-order valence-electron chi connectivity index (χ3n) is 2.59. The molecule has 1 aliphatic rings. The molecule has 2 amide bonds. The van der Waals surface area contributed by atoms with E-state index in [0.29, 0.717) is 12.8 Å². The van der Waals surface area contributed by atoms with Crippen LogP contribution in [0.5, 0.6) is 0 Å². The molecule has 5 nitrogen and oxygen atoms in total. The summed E-state index contributed by atoms with van der Waals surface area (Å²) >= 11 is 0. The molecule has 2 heterocycles. The lowest BCUT2D eigenvalue weighted by molar-refractivity contribution is -0.133. The van der Waals surface area contributed by atoms with Crippen LogP contribution in [0.1, 0.15) is 18.4 Å². The fraction of sp³-hybridized carbons (Fsp3) is 0.364. The number of carbonyl (C=O) groups is 2. The van der Waals surface area contributed by atoms with Crippen molar-refractivity contribution < 1.29 is 9.59 Å². The first kappa shape index (κ1) is 10.6. The maximum atomic E-state index is 11.5. The van der Waals surface area contributed by atoms with Gasteiger partial charge in [0.25, 0.3) is 0 Å². The summed E-state index contributed by atoms with van der Waals surface area (Å²) in [6, 6.07) is 1.48. The zero-order valence-electron chi connectivity index (χ0n) is 8.99. The number of imide groups is 1. The van der Waals surface area contributed by atoms with Crippen molar-refractivity contribution in [1.29, 1.82) is 0 Å². The van der Waals surface area contributed by atoms with Gasteiger partial charge in [-0.2, -0.15) is 0 Å². The van der Waals surface area contributed by atoms with Gasteiger partial charge in [-0.05, 0) is 25.0 Å². The van der Waals surface area contributed by atoms with E-state index in [1.54, 1.807) is 12.4 Å². The van der Waals surface area contributed by atoms with Crippen molar-refractivity contribution in [2.45, 2.75) is 25.8 Å². The Labute approximate surface area is 93.3 Å². The molecule has 0 saturated carbocycles. The average molecular weight is 219 g/mol. The van der Waals surface area contributed by atoms with E-state index in [-0.39, 0.29) is 17.9 Å². The molecular formula is C11H13N3O2. The van der Waals surface area contributed by atoms with Gasteiger partial charge >= 0.3 is 0 Å². The number of amides is 2. The van der Waals surface area contributed by atoms with E-state index >= 15 is 0 Å². The van der Waals surface area contributed by atoms with Gasteiger partial charge in [-0.1, -0.05) is 0 Å². The predicted molar refractivity (Wildman–Crippen MR) is 58.8 cm³/mol. The number of nitrogens with one attached hydrogen (secondary N) is 2. The molecule has 0 aromatic carbocycles. The molecular weight excluding hydrogens is 206 g/mol. The molecule has 1 saturated heterocycles. The van der Waals surface area contributed by atoms with Crippen molar-refractivity contribution in [3.63, 3.8) is 0 Å². The zero-order valence-corrected chi connectivity index (χ0v) is 8.99. The number of piperidine rings is 1. The monoisotopic (exact) mass is 219 g/mol. The highest BCUT2D eigenvalue weighted by Crippen LogP contribution is 2.16. The van der Waals surface area contributed by atoms with Crippen LogP contribution in [-0.4, -0.2) is 22.8 Å². The van der Waals surface area contributed by atoms with E-state index in [1.165, 1.54) is 0 Å². The van der Waals surface area contributed by atoms with E-state index in [9.17, 15) is 9.59 Å². The highest BCUT2D eigenvalue weighted by atomic mass is 16.2. The minimum Gasteiger partial charge on any atom is -0.373 e. The third kappa shape index (κ3) is 2.18. The molecule has 2 rings (SSSR count). The quantitative estimate of drug-likeness (QED) is 0.715. The summed E-state index contributed by atoms with van der Waals surface area (Å²) in [6.07, 6.45) is 4.31. The SMILES string of the molecule is Cc1cnccc1NC1CCC(=O)NC1=O. The molecule has 16 heavy (non-hydrogen) atoms. The molecule has 0 aliphatic carbocycles. The summed E-state index contributed by atoms with van der Waals surface area (Å²) in [6.45, 7) is 1.92.